The van der Waals surface area contributed by atoms with Crippen molar-refractivity contribution in [2.45, 2.75) is 13.0 Å². The second kappa shape index (κ2) is 6.57. The second-order valence-electron chi connectivity index (χ2n) is 4.26. The van der Waals surface area contributed by atoms with Gasteiger partial charge in [-0.1, -0.05) is 6.92 Å². The molecule has 1 N–H and O–H groups in total. The molecule has 1 atom stereocenters. The normalized spacial score (nSPS) is 12.8. The Morgan fingerprint density at radius 2 is 2.12 bits per heavy atom. The Labute approximate surface area is 103 Å². The van der Waals surface area contributed by atoms with Gasteiger partial charge in [0.2, 0.25) is 0 Å². The molecule has 0 bridgehead atoms. The van der Waals surface area contributed by atoms with E-state index < -0.39 is 0 Å². The van der Waals surface area contributed by atoms with Crippen LogP contribution in [0.2, 0.25) is 0 Å². The highest BCUT2D eigenvalue weighted by Gasteiger charge is 2.16. The van der Waals surface area contributed by atoms with Crippen LogP contribution in [0.25, 0.3) is 0 Å². The van der Waals surface area contributed by atoms with Crippen molar-refractivity contribution in [3.8, 4) is 5.75 Å². The van der Waals surface area contributed by atoms with Gasteiger partial charge in [-0.2, -0.15) is 0 Å². The van der Waals surface area contributed by atoms with Gasteiger partial charge in [0.15, 0.2) is 0 Å². The molecule has 0 saturated heterocycles. The molecular weight excluding hydrogens is 219 g/mol. The van der Waals surface area contributed by atoms with Crippen molar-refractivity contribution in [1.82, 2.24) is 10.2 Å². The number of ether oxygens (including phenoxy) is 1. The van der Waals surface area contributed by atoms with Gasteiger partial charge in [-0.15, -0.1) is 0 Å². The zero-order valence-electron chi connectivity index (χ0n) is 11.0. The van der Waals surface area contributed by atoms with Crippen molar-refractivity contribution in [1.29, 1.82) is 0 Å². The minimum absolute atomic E-state index is 0.0700. The molecule has 0 amide bonds. The smallest absolute Gasteiger partial charge is 0.123 e. The standard InChI is InChI=1S/C13H21FN2O/c1-5-15-12(9-16(2)3)11-8-10(14)6-7-13(11)17-4/h6-8,12,15H,5,9H2,1-4H3. The maximum absolute atomic E-state index is 13.3. The third-order valence-electron chi connectivity index (χ3n) is 2.57. The summed E-state index contributed by atoms with van der Waals surface area (Å²) in [4.78, 5) is 2.07. The van der Waals surface area contributed by atoms with Gasteiger partial charge in [0.05, 0.1) is 7.11 Å². The van der Waals surface area contributed by atoms with Crippen molar-refractivity contribution in [2.24, 2.45) is 0 Å². The van der Waals surface area contributed by atoms with Crippen LogP contribution >= 0.6 is 0 Å². The van der Waals surface area contributed by atoms with E-state index in [0.717, 1.165) is 24.4 Å². The lowest BCUT2D eigenvalue weighted by molar-refractivity contribution is 0.333. The molecule has 3 nitrogen and oxygen atoms in total. The molecule has 96 valence electrons. The number of nitrogens with one attached hydrogen (secondary N) is 1. The molecule has 0 aliphatic rings. The minimum Gasteiger partial charge on any atom is -0.496 e. The number of methoxy groups -OCH3 is 1. The highest BCUT2D eigenvalue weighted by molar-refractivity contribution is 5.36. The zero-order valence-corrected chi connectivity index (χ0v) is 11.0. The Morgan fingerprint density at radius 3 is 2.65 bits per heavy atom. The average molecular weight is 240 g/mol. The highest BCUT2D eigenvalue weighted by Crippen LogP contribution is 2.26. The molecule has 0 saturated carbocycles. The fraction of sp³-hybridized carbons (Fsp3) is 0.538. The van der Waals surface area contributed by atoms with Crippen LogP contribution < -0.4 is 10.1 Å². The lowest BCUT2D eigenvalue weighted by atomic mass is 10.0. The number of rotatable bonds is 6. The molecule has 4 heteroatoms. The number of nitrogens with zero attached hydrogens (tertiary/aromatic N) is 1. The predicted molar refractivity (Wildman–Crippen MR) is 67.9 cm³/mol. The van der Waals surface area contributed by atoms with Crippen LogP contribution in [0.15, 0.2) is 18.2 Å². The molecule has 1 aromatic carbocycles. The van der Waals surface area contributed by atoms with Crippen LogP contribution in [0.3, 0.4) is 0 Å². The topological polar surface area (TPSA) is 24.5 Å². The van der Waals surface area contributed by atoms with E-state index in [1.165, 1.54) is 12.1 Å². The van der Waals surface area contributed by atoms with Gasteiger partial charge in [-0.05, 0) is 38.8 Å². The van der Waals surface area contributed by atoms with Crippen LogP contribution in [0.1, 0.15) is 18.5 Å². The first-order chi connectivity index (χ1) is 8.08. The maximum Gasteiger partial charge on any atom is 0.123 e. The molecule has 0 aliphatic carbocycles. The van der Waals surface area contributed by atoms with Gasteiger partial charge in [0.1, 0.15) is 11.6 Å². The van der Waals surface area contributed by atoms with E-state index in [2.05, 4.69) is 10.2 Å². The minimum atomic E-state index is -0.234. The molecular formula is C13H21FN2O. The molecule has 0 aliphatic heterocycles. The molecule has 0 heterocycles. The third-order valence-corrected chi connectivity index (χ3v) is 2.57. The summed E-state index contributed by atoms with van der Waals surface area (Å²) in [7, 11) is 5.60. The van der Waals surface area contributed by atoms with Crippen molar-refractivity contribution in [3.63, 3.8) is 0 Å². The quantitative estimate of drug-likeness (QED) is 0.823. The maximum atomic E-state index is 13.3. The molecule has 1 aromatic rings. The van der Waals surface area contributed by atoms with E-state index in [0.29, 0.717) is 0 Å². The van der Waals surface area contributed by atoms with Crippen molar-refractivity contribution >= 4 is 0 Å². The number of halogens is 1. The van der Waals surface area contributed by atoms with Crippen molar-refractivity contribution < 1.29 is 9.13 Å². The summed E-state index contributed by atoms with van der Waals surface area (Å²) < 4.78 is 18.6. The molecule has 1 rings (SSSR count). The zero-order chi connectivity index (χ0) is 12.8. The van der Waals surface area contributed by atoms with Crippen molar-refractivity contribution in [2.75, 3.05) is 34.3 Å². The summed E-state index contributed by atoms with van der Waals surface area (Å²) in [6.45, 7) is 3.67. The van der Waals surface area contributed by atoms with Gasteiger partial charge >= 0.3 is 0 Å². The lowest BCUT2D eigenvalue weighted by Gasteiger charge is -2.24. The van der Waals surface area contributed by atoms with E-state index in [1.807, 2.05) is 21.0 Å². The first-order valence-corrected chi connectivity index (χ1v) is 5.80. The van der Waals surface area contributed by atoms with Crippen LogP contribution in [0, 0.1) is 5.82 Å². The number of hydrogen-bond acceptors (Lipinski definition) is 3. The van der Waals surface area contributed by atoms with Gasteiger partial charge in [-0.3, -0.25) is 0 Å². The SMILES string of the molecule is CCNC(CN(C)C)c1cc(F)ccc1OC. The monoisotopic (exact) mass is 240 g/mol. The summed E-state index contributed by atoms with van der Waals surface area (Å²) in [6.07, 6.45) is 0. The first kappa shape index (κ1) is 13.9. The van der Waals surface area contributed by atoms with E-state index in [4.69, 9.17) is 4.74 Å². The molecule has 0 radical (unpaired) electrons. The predicted octanol–water partition coefficient (Wildman–Crippen LogP) is 2.05. The summed E-state index contributed by atoms with van der Waals surface area (Å²) >= 11 is 0. The number of hydrogen-bond donors (Lipinski definition) is 1. The van der Waals surface area contributed by atoms with E-state index in [1.54, 1.807) is 13.2 Å². The first-order valence-electron chi connectivity index (χ1n) is 5.80. The largest absolute Gasteiger partial charge is 0.496 e. The van der Waals surface area contributed by atoms with E-state index in [-0.39, 0.29) is 11.9 Å². The van der Waals surface area contributed by atoms with Gasteiger partial charge in [0.25, 0.3) is 0 Å². The molecule has 0 fully saturated rings. The van der Waals surface area contributed by atoms with E-state index in [9.17, 15) is 4.39 Å². The summed E-state index contributed by atoms with van der Waals surface area (Å²) in [5.74, 6) is 0.488. The van der Waals surface area contributed by atoms with Gasteiger partial charge in [-0.25, -0.2) is 4.39 Å². The van der Waals surface area contributed by atoms with Crippen LogP contribution in [0.4, 0.5) is 4.39 Å². The van der Waals surface area contributed by atoms with Crippen LogP contribution in [-0.4, -0.2) is 39.2 Å². The average Bonchev–Trinajstić information content (AvgIpc) is 2.28. The third kappa shape index (κ3) is 3.98. The molecule has 0 spiro atoms. The molecule has 1 unspecified atom stereocenters. The summed E-state index contributed by atoms with van der Waals surface area (Å²) in [5, 5.41) is 3.34. The Hall–Kier alpha value is -1.13. The van der Waals surface area contributed by atoms with Crippen molar-refractivity contribution in [3.05, 3.63) is 29.6 Å². The molecule has 0 aromatic heterocycles. The van der Waals surface area contributed by atoms with Gasteiger partial charge in [0, 0.05) is 18.2 Å². The second-order valence-corrected chi connectivity index (χ2v) is 4.26. The van der Waals surface area contributed by atoms with E-state index >= 15 is 0 Å². The Morgan fingerprint density at radius 1 is 1.41 bits per heavy atom. The highest BCUT2D eigenvalue weighted by atomic mass is 19.1. The Kier molecular flexibility index (Phi) is 5.38. The Balaban J connectivity index is 3.02. The molecule has 17 heavy (non-hydrogen) atoms. The number of benzene rings is 1. The van der Waals surface area contributed by atoms with Crippen LogP contribution in [0.5, 0.6) is 5.75 Å². The fourth-order valence-corrected chi connectivity index (χ4v) is 1.86. The van der Waals surface area contributed by atoms with Gasteiger partial charge < -0.3 is 15.0 Å². The lowest BCUT2D eigenvalue weighted by Crippen LogP contribution is -2.31. The fourth-order valence-electron chi connectivity index (χ4n) is 1.86. The Bertz CT molecular complexity index is 355. The summed E-state index contributed by atoms with van der Waals surface area (Å²) in [6, 6.07) is 4.70. The van der Waals surface area contributed by atoms with Crippen LogP contribution in [-0.2, 0) is 0 Å². The summed E-state index contributed by atoms with van der Waals surface area (Å²) in [5.41, 5.74) is 0.864. The number of likely N-dealkylation sites (N-methyl/N-ethyl adjacent to an activating group) is 2.